The molecule has 106 valence electrons. The summed E-state index contributed by atoms with van der Waals surface area (Å²) in [5.41, 5.74) is -0.957. The minimum Gasteiger partial charge on any atom is -0.480 e. The smallest absolute Gasteiger partial charge is 0.433 e. The van der Waals surface area contributed by atoms with Crippen molar-refractivity contribution < 1.29 is 23.1 Å². The van der Waals surface area contributed by atoms with E-state index in [1.54, 1.807) is 0 Å². The molecule has 0 aliphatic rings. The fourth-order valence-electron chi connectivity index (χ4n) is 1.57. The maximum atomic E-state index is 12.5. The molecule has 1 atom stereocenters. The molecule has 0 amide bonds. The molecule has 7 heteroatoms. The second-order valence-electron chi connectivity index (χ2n) is 4.59. The number of carboxylic acid groups (broad SMARTS) is 1. The molecule has 0 fully saturated rings. The van der Waals surface area contributed by atoms with E-state index in [2.05, 4.69) is 10.3 Å². The molecule has 1 aromatic rings. The Hall–Kier alpha value is -1.79. The molecule has 0 aromatic carbocycles. The second kappa shape index (κ2) is 5.90. The maximum Gasteiger partial charge on any atom is 0.433 e. The van der Waals surface area contributed by atoms with Gasteiger partial charge in [0.05, 0.1) is 0 Å². The van der Waals surface area contributed by atoms with Crippen molar-refractivity contribution in [2.45, 2.75) is 32.5 Å². The zero-order valence-electron chi connectivity index (χ0n) is 10.5. The van der Waals surface area contributed by atoms with Gasteiger partial charge in [-0.25, -0.2) is 4.79 Å². The first-order valence-corrected chi connectivity index (χ1v) is 5.72. The van der Waals surface area contributed by atoms with E-state index < -0.39 is 23.9 Å². The molecule has 1 heterocycles. The molecule has 0 unspecified atom stereocenters. The molecule has 4 nitrogen and oxygen atoms in total. The van der Waals surface area contributed by atoms with E-state index in [9.17, 15) is 18.0 Å². The first-order valence-electron chi connectivity index (χ1n) is 5.72. The zero-order valence-corrected chi connectivity index (χ0v) is 10.5. The van der Waals surface area contributed by atoms with Crippen molar-refractivity contribution in [2.75, 3.05) is 5.32 Å². The first kappa shape index (κ1) is 15.3. The van der Waals surface area contributed by atoms with Gasteiger partial charge in [0.1, 0.15) is 11.7 Å². The Balaban J connectivity index is 2.88. The van der Waals surface area contributed by atoms with E-state index in [-0.39, 0.29) is 11.6 Å². The summed E-state index contributed by atoms with van der Waals surface area (Å²) in [7, 11) is 0. The van der Waals surface area contributed by atoms with Crippen molar-refractivity contribution in [3.63, 3.8) is 0 Å². The summed E-state index contributed by atoms with van der Waals surface area (Å²) in [6.45, 7) is 3.68. The molecule has 19 heavy (non-hydrogen) atoms. The van der Waals surface area contributed by atoms with Crippen LogP contribution in [0.2, 0.25) is 0 Å². The predicted octanol–water partition coefficient (Wildman–Crippen LogP) is 3.01. The van der Waals surface area contributed by atoms with Crippen molar-refractivity contribution in [3.05, 3.63) is 24.0 Å². The highest BCUT2D eigenvalue weighted by molar-refractivity contribution is 5.77. The average Bonchev–Trinajstić information content (AvgIpc) is 2.26. The third-order valence-electron chi connectivity index (χ3n) is 2.40. The van der Waals surface area contributed by atoms with Gasteiger partial charge in [0.15, 0.2) is 0 Å². The largest absolute Gasteiger partial charge is 0.480 e. The van der Waals surface area contributed by atoms with Crippen LogP contribution in [0.3, 0.4) is 0 Å². The number of hydrogen-bond acceptors (Lipinski definition) is 3. The van der Waals surface area contributed by atoms with E-state index in [1.807, 2.05) is 13.8 Å². The highest BCUT2D eigenvalue weighted by Crippen LogP contribution is 2.29. The van der Waals surface area contributed by atoms with Crippen LogP contribution in [0, 0.1) is 5.92 Å². The SMILES string of the molecule is CC(C)C[C@@H](Nc1ccnc(C(F)(F)F)c1)C(=O)O. The van der Waals surface area contributed by atoms with Crippen LogP contribution in [-0.4, -0.2) is 22.1 Å². The van der Waals surface area contributed by atoms with Crippen molar-refractivity contribution in [3.8, 4) is 0 Å². The lowest BCUT2D eigenvalue weighted by molar-refractivity contribution is -0.141. The summed E-state index contributed by atoms with van der Waals surface area (Å²) in [4.78, 5) is 14.2. The fourth-order valence-corrected chi connectivity index (χ4v) is 1.57. The Bertz CT molecular complexity index is 447. The van der Waals surface area contributed by atoms with Gasteiger partial charge in [-0.2, -0.15) is 13.2 Å². The summed E-state index contributed by atoms with van der Waals surface area (Å²) in [6, 6.07) is 1.19. The van der Waals surface area contributed by atoms with Gasteiger partial charge < -0.3 is 10.4 Å². The molecule has 1 rings (SSSR count). The molecule has 0 saturated carbocycles. The fraction of sp³-hybridized carbons (Fsp3) is 0.500. The Morgan fingerprint density at radius 1 is 1.47 bits per heavy atom. The van der Waals surface area contributed by atoms with E-state index in [0.29, 0.717) is 6.42 Å². The summed E-state index contributed by atoms with van der Waals surface area (Å²) in [6.07, 6.45) is -3.23. The lowest BCUT2D eigenvalue weighted by atomic mass is 10.0. The summed E-state index contributed by atoms with van der Waals surface area (Å²) >= 11 is 0. The van der Waals surface area contributed by atoms with Gasteiger partial charge in [0.25, 0.3) is 0 Å². The minimum absolute atomic E-state index is 0.0929. The van der Waals surface area contributed by atoms with Crippen LogP contribution >= 0.6 is 0 Å². The topological polar surface area (TPSA) is 62.2 Å². The number of pyridine rings is 1. The monoisotopic (exact) mass is 276 g/mol. The molecule has 0 aliphatic heterocycles. The molecule has 0 spiro atoms. The zero-order chi connectivity index (χ0) is 14.6. The first-order chi connectivity index (χ1) is 8.70. The molecule has 2 N–H and O–H groups in total. The molecular weight excluding hydrogens is 261 g/mol. The van der Waals surface area contributed by atoms with Gasteiger partial charge in [-0.1, -0.05) is 13.8 Å². The molecule has 0 saturated heterocycles. The molecule has 0 aliphatic carbocycles. The van der Waals surface area contributed by atoms with Crippen LogP contribution < -0.4 is 5.32 Å². The normalized spacial score (nSPS) is 13.4. The number of anilines is 1. The third kappa shape index (κ3) is 4.76. The van der Waals surface area contributed by atoms with E-state index in [1.165, 1.54) is 6.07 Å². The number of alkyl halides is 3. The van der Waals surface area contributed by atoms with Crippen molar-refractivity contribution in [2.24, 2.45) is 5.92 Å². The van der Waals surface area contributed by atoms with Crippen LogP contribution in [0.15, 0.2) is 18.3 Å². The predicted molar refractivity (Wildman–Crippen MR) is 63.7 cm³/mol. The number of aliphatic carboxylic acids is 1. The Kier molecular flexibility index (Phi) is 4.74. The van der Waals surface area contributed by atoms with Crippen LogP contribution in [-0.2, 0) is 11.0 Å². The summed E-state index contributed by atoms with van der Waals surface area (Å²) < 4.78 is 37.4. The lowest BCUT2D eigenvalue weighted by Gasteiger charge is -2.18. The average molecular weight is 276 g/mol. The Labute approximate surface area is 108 Å². The number of carbonyl (C=O) groups is 1. The van der Waals surface area contributed by atoms with Gasteiger partial charge in [-0.3, -0.25) is 4.98 Å². The van der Waals surface area contributed by atoms with Gasteiger partial charge in [0.2, 0.25) is 0 Å². The summed E-state index contributed by atoms with van der Waals surface area (Å²) in [5, 5.41) is 11.6. The molecule has 1 aromatic heterocycles. The van der Waals surface area contributed by atoms with Gasteiger partial charge >= 0.3 is 12.1 Å². The number of halogens is 3. The molecule has 0 radical (unpaired) electrons. The van der Waals surface area contributed by atoms with Crippen LogP contribution in [0.1, 0.15) is 26.0 Å². The van der Waals surface area contributed by atoms with Crippen molar-refractivity contribution in [1.29, 1.82) is 0 Å². The van der Waals surface area contributed by atoms with Gasteiger partial charge in [-0.05, 0) is 24.5 Å². The van der Waals surface area contributed by atoms with Crippen molar-refractivity contribution >= 4 is 11.7 Å². The van der Waals surface area contributed by atoms with E-state index in [0.717, 1.165) is 12.3 Å². The minimum atomic E-state index is -4.55. The van der Waals surface area contributed by atoms with Gasteiger partial charge in [-0.15, -0.1) is 0 Å². The molecular formula is C12H15F3N2O2. The quantitative estimate of drug-likeness (QED) is 0.867. The second-order valence-corrected chi connectivity index (χ2v) is 4.59. The number of nitrogens with zero attached hydrogens (tertiary/aromatic N) is 1. The third-order valence-corrected chi connectivity index (χ3v) is 2.40. The highest BCUT2D eigenvalue weighted by Gasteiger charge is 2.32. The number of aromatic nitrogens is 1. The maximum absolute atomic E-state index is 12.5. The molecule has 0 bridgehead atoms. The standard InChI is InChI=1S/C12H15F3N2O2/c1-7(2)5-9(11(18)19)17-8-3-4-16-10(6-8)12(13,14)15/h3-4,6-7,9H,5H2,1-2H3,(H,16,17)(H,18,19)/t9-/m1/s1. The van der Waals surface area contributed by atoms with Crippen LogP contribution in [0.4, 0.5) is 18.9 Å². The van der Waals surface area contributed by atoms with Crippen molar-refractivity contribution in [1.82, 2.24) is 4.98 Å². The van der Waals surface area contributed by atoms with E-state index in [4.69, 9.17) is 5.11 Å². The van der Waals surface area contributed by atoms with Crippen LogP contribution in [0.25, 0.3) is 0 Å². The number of nitrogens with one attached hydrogen (secondary N) is 1. The number of carboxylic acids is 1. The number of hydrogen-bond donors (Lipinski definition) is 2. The van der Waals surface area contributed by atoms with Crippen LogP contribution in [0.5, 0.6) is 0 Å². The lowest BCUT2D eigenvalue weighted by Crippen LogP contribution is -2.30. The Morgan fingerprint density at radius 2 is 2.11 bits per heavy atom. The van der Waals surface area contributed by atoms with E-state index >= 15 is 0 Å². The highest BCUT2D eigenvalue weighted by atomic mass is 19.4. The number of rotatable bonds is 5. The summed E-state index contributed by atoms with van der Waals surface area (Å²) in [5.74, 6) is -0.989. The Morgan fingerprint density at radius 3 is 2.58 bits per heavy atom. The van der Waals surface area contributed by atoms with Gasteiger partial charge in [0, 0.05) is 11.9 Å².